The van der Waals surface area contributed by atoms with Gasteiger partial charge < -0.3 is 14.6 Å². The number of thiophene rings is 1. The highest BCUT2D eigenvalue weighted by atomic mass is 32.1. The fraction of sp³-hybridized carbons (Fsp3) is 0.375. The third kappa shape index (κ3) is 4.51. The monoisotopic (exact) mass is 482 g/mol. The topological polar surface area (TPSA) is 116 Å². The zero-order valence-corrected chi connectivity index (χ0v) is 20.3. The zero-order chi connectivity index (χ0) is 24.4. The molecule has 1 atom stereocenters. The van der Waals surface area contributed by atoms with Crippen LogP contribution in [0.2, 0.25) is 0 Å². The number of aromatic nitrogens is 3. The Bertz CT molecular complexity index is 1260. The molecule has 2 aromatic heterocycles. The molecule has 178 valence electrons. The van der Waals surface area contributed by atoms with Gasteiger partial charge in [-0.2, -0.15) is 0 Å². The standard InChI is InChI=1S/C24H26N4O5S/c1-13-14(2)34-23-20(13)21(16-6-8-17(9-7-16)24(30)31)25-18(22-27-26-15(3)28(22)23)12-19(29)33-11-5-10-32-4/h6-9,18H,5,10-12H2,1-4H3,(H,30,31)/t18-/m0/s1. The maximum Gasteiger partial charge on any atom is 0.335 e. The van der Waals surface area contributed by atoms with Gasteiger partial charge in [0.2, 0.25) is 0 Å². The van der Waals surface area contributed by atoms with Crippen molar-refractivity contribution < 1.29 is 24.2 Å². The molecule has 1 aliphatic heterocycles. The number of fused-ring (bicyclic) bond motifs is 3. The molecule has 0 aliphatic carbocycles. The number of aliphatic imine (C=N–C) groups is 1. The summed E-state index contributed by atoms with van der Waals surface area (Å²) in [4.78, 5) is 30.1. The molecule has 10 heteroatoms. The van der Waals surface area contributed by atoms with Crippen LogP contribution in [0, 0.1) is 20.8 Å². The summed E-state index contributed by atoms with van der Waals surface area (Å²) < 4.78 is 12.4. The van der Waals surface area contributed by atoms with Crippen LogP contribution in [0.1, 0.15) is 62.5 Å². The van der Waals surface area contributed by atoms with Crippen LogP contribution in [0.15, 0.2) is 29.3 Å². The van der Waals surface area contributed by atoms with Gasteiger partial charge in [0.15, 0.2) is 5.82 Å². The first-order valence-electron chi connectivity index (χ1n) is 10.9. The molecule has 3 aromatic rings. The molecule has 34 heavy (non-hydrogen) atoms. The summed E-state index contributed by atoms with van der Waals surface area (Å²) in [7, 11) is 1.60. The Labute approximate surface area is 201 Å². The van der Waals surface area contributed by atoms with Crippen molar-refractivity contribution in [2.45, 2.75) is 39.7 Å². The van der Waals surface area contributed by atoms with E-state index in [0.29, 0.717) is 30.4 Å². The number of esters is 1. The van der Waals surface area contributed by atoms with Crippen molar-refractivity contribution in [1.82, 2.24) is 14.8 Å². The molecule has 1 aliphatic rings. The van der Waals surface area contributed by atoms with Crippen molar-refractivity contribution >= 4 is 29.0 Å². The second-order valence-electron chi connectivity index (χ2n) is 8.05. The van der Waals surface area contributed by atoms with Crippen molar-refractivity contribution in [2.75, 3.05) is 20.3 Å². The number of benzene rings is 1. The van der Waals surface area contributed by atoms with Crippen molar-refractivity contribution in [2.24, 2.45) is 4.99 Å². The van der Waals surface area contributed by atoms with Gasteiger partial charge in [0.25, 0.3) is 0 Å². The van der Waals surface area contributed by atoms with Gasteiger partial charge in [-0.3, -0.25) is 14.4 Å². The van der Waals surface area contributed by atoms with Gasteiger partial charge in [-0.1, -0.05) is 12.1 Å². The number of aryl methyl sites for hydroxylation is 2. The van der Waals surface area contributed by atoms with E-state index in [-0.39, 0.29) is 24.6 Å². The van der Waals surface area contributed by atoms with Crippen LogP contribution >= 0.6 is 11.3 Å². The lowest BCUT2D eigenvalue weighted by Crippen LogP contribution is -2.14. The van der Waals surface area contributed by atoms with Gasteiger partial charge in [-0.15, -0.1) is 21.5 Å². The second kappa shape index (κ2) is 9.86. The van der Waals surface area contributed by atoms with Crippen LogP contribution in [0.25, 0.3) is 5.00 Å². The molecule has 0 fully saturated rings. The minimum Gasteiger partial charge on any atom is -0.478 e. The van der Waals surface area contributed by atoms with Crippen LogP contribution in [-0.4, -0.2) is 57.8 Å². The number of methoxy groups -OCH3 is 1. The Balaban J connectivity index is 1.80. The van der Waals surface area contributed by atoms with Crippen molar-refractivity contribution in [3.8, 4) is 5.00 Å². The normalized spacial score (nSPS) is 14.7. The summed E-state index contributed by atoms with van der Waals surface area (Å²) in [6.45, 7) is 6.74. The number of carboxylic acids is 1. The first-order chi connectivity index (χ1) is 16.3. The highest BCUT2D eigenvalue weighted by molar-refractivity contribution is 7.15. The second-order valence-corrected chi connectivity index (χ2v) is 9.25. The number of carboxylic acid groups (broad SMARTS) is 1. The van der Waals surface area contributed by atoms with E-state index in [4.69, 9.17) is 14.5 Å². The molecule has 0 radical (unpaired) electrons. The van der Waals surface area contributed by atoms with E-state index in [0.717, 1.165) is 26.6 Å². The molecule has 9 nitrogen and oxygen atoms in total. The van der Waals surface area contributed by atoms with Crippen LogP contribution < -0.4 is 0 Å². The van der Waals surface area contributed by atoms with Crippen LogP contribution in [0.5, 0.6) is 0 Å². The third-order valence-corrected chi connectivity index (χ3v) is 6.95. The Morgan fingerprint density at radius 1 is 1.12 bits per heavy atom. The van der Waals surface area contributed by atoms with Crippen molar-refractivity contribution in [3.63, 3.8) is 0 Å². The summed E-state index contributed by atoms with van der Waals surface area (Å²) >= 11 is 1.62. The number of carbonyl (C=O) groups excluding carboxylic acids is 1. The summed E-state index contributed by atoms with van der Waals surface area (Å²) in [6.07, 6.45) is 0.622. The highest BCUT2D eigenvalue weighted by Gasteiger charge is 2.32. The molecule has 0 bridgehead atoms. The maximum atomic E-state index is 12.6. The molecule has 0 amide bonds. The SMILES string of the molecule is COCCCOC(=O)C[C@@H]1N=C(c2ccc(C(=O)O)cc2)c2c(sc(C)c2C)-n2c(C)nnc21. The number of hydrogen-bond donors (Lipinski definition) is 1. The minimum absolute atomic E-state index is 0.00873. The molecule has 1 aromatic carbocycles. The van der Waals surface area contributed by atoms with E-state index in [1.54, 1.807) is 42.7 Å². The predicted molar refractivity (Wildman–Crippen MR) is 127 cm³/mol. The van der Waals surface area contributed by atoms with E-state index in [9.17, 15) is 14.7 Å². The van der Waals surface area contributed by atoms with Crippen molar-refractivity contribution in [3.05, 3.63) is 63.0 Å². The molecule has 0 spiro atoms. The minimum atomic E-state index is -0.992. The van der Waals surface area contributed by atoms with Crippen LogP contribution in [0.4, 0.5) is 0 Å². The molecular formula is C24H26N4O5S. The van der Waals surface area contributed by atoms with Gasteiger partial charge >= 0.3 is 11.9 Å². The van der Waals surface area contributed by atoms with Gasteiger partial charge in [0.05, 0.1) is 24.3 Å². The Morgan fingerprint density at radius 2 is 1.85 bits per heavy atom. The van der Waals surface area contributed by atoms with E-state index in [1.807, 2.05) is 25.3 Å². The van der Waals surface area contributed by atoms with E-state index in [2.05, 4.69) is 10.2 Å². The lowest BCUT2D eigenvalue weighted by molar-refractivity contribution is -0.144. The average Bonchev–Trinajstić information content (AvgIpc) is 3.29. The molecule has 0 saturated carbocycles. The number of aromatic carboxylic acids is 1. The smallest absolute Gasteiger partial charge is 0.335 e. The molecule has 0 unspecified atom stereocenters. The van der Waals surface area contributed by atoms with E-state index in [1.165, 1.54) is 0 Å². The van der Waals surface area contributed by atoms with E-state index >= 15 is 0 Å². The van der Waals surface area contributed by atoms with E-state index < -0.39 is 12.0 Å². The summed E-state index contributed by atoms with van der Waals surface area (Å²) in [5, 5.41) is 18.9. The quantitative estimate of drug-likeness (QED) is 0.383. The summed E-state index contributed by atoms with van der Waals surface area (Å²) in [5.41, 5.74) is 3.66. The number of ether oxygens (including phenoxy) is 2. The van der Waals surface area contributed by atoms with Gasteiger partial charge in [-0.25, -0.2) is 4.79 Å². The van der Waals surface area contributed by atoms with Gasteiger partial charge in [-0.05, 0) is 38.5 Å². The summed E-state index contributed by atoms with van der Waals surface area (Å²) in [6, 6.07) is 6.01. The zero-order valence-electron chi connectivity index (χ0n) is 19.5. The van der Waals surface area contributed by atoms with Crippen LogP contribution in [0.3, 0.4) is 0 Å². The first kappa shape index (κ1) is 23.8. The summed E-state index contributed by atoms with van der Waals surface area (Å²) in [5.74, 6) is -0.0936. The highest BCUT2D eigenvalue weighted by Crippen LogP contribution is 2.39. The number of rotatable bonds is 8. The predicted octanol–water partition coefficient (Wildman–Crippen LogP) is 3.81. The Morgan fingerprint density at radius 3 is 2.53 bits per heavy atom. The number of hydrogen-bond acceptors (Lipinski definition) is 8. The molecule has 0 saturated heterocycles. The maximum absolute atomic E-state index is 12.6. The van der Waals surface area contributed by atoms with Crippen molar-refractivity contribution in [1.29, 1.82) is 0 Å². The first-order valence-corrected chi connectivity index (χ1v) is 11.7. The fourth-order valence-corrected chi connectivity index (χ4v) is 5.12. The lowest BCUT2D eigenvalue weighted by atomic mass is 9.98. The molecular weight excluding hydrogens is 456 g/mol. The van der Waals surface area contributed by atoms with Gasteiger partial charge in [0, 0.05) is 36.1 Å². The van der Waals surface area contributed by atoms with Crippen LogP contribution in [-0.2, 0) is 14.3 Å². The lowest BCUT2D eigenvalue weighted by Gasteiger charge is -2.13. The largest absolute Gasteiger partial charge is 0.478 e. The number of carbonyl (C=O) groups is 2. The molecule has 1 N–H and O–H groups in total. The third-order valence-electron chi connectivity index (χ3n) is 5.76. The average molecular weight is 483 g/mol. The number of nitrogens with zero attached hydrogens (tertiary/aromatic N) is 4. The molecule has 4 rings (SSSR count). The molecule has 3 heterocycles. The van der Waals surface area contributed by atoms with Gasteiger partial charge in [0.1, 0.15) is 16.9 Å². The fourth-order valence-electron chi connectivity index (χ4n) is 3.90. The Kier molecular flexibility index (Phi) is 6.90. The Hall–Kier alpha value is -3.37.